The van der Waals surface area contributed by atoms with Crippen molar-refractivity contribution in [3.05, 3.63) is 0 Å². The van der Waals surface area contributed by atoms with Gasteiger partial charge in [0, 0.05) is 0 Å². The number of hydrogen-bond acceptors (Lipinski definition) is 4. The van der Waals surface area contributed by atoms with Gasteiger partial charge in [-0.1, -0.05) is 4.73 Å². The van der Waals surface area contributed by atoms with Crippen molar-refractivity contribution in [1.29, 1.82) is 0 Å². The smallest absolute Gasteiger partial charge is 0.246 e. The van der Waals surface area contributed by atoms with Crippen LogP contribution in [0.15, 0.2) is 0 Å². The van der Waals surface area contributed by atoms with Crippen molar-refractivity contribution in [1.82, 2.24) is 0 Å². The van der Waals surface area contributed by atoms with Crippen LogP contribution in [0, 0.1) is 0 Å². The molecule has 0 rings (SSSR count). The average molecular weight is 344 g/mol. The van der Waals surface area contributed by atoms with Crippen LogP contribution in [0.5, 0.6) is 0 Å². The quantitative estimate of drug-likeness (QED) is 0.471. The van der Waals surface area contributed by atoms with Crippen LogP contribution >= 0.6 is 7.82 Å². The molecule has 0 spiro atoms. The van der Waals surface area contributed by atoms with Crippen LogP contribution in [-0.4, -0.2) is 37.9 Å². The highest BCUT2D eigenvalue weighted by Crippen LogP contribution is 2.53. The summed E-state index contributed by atoms with van der Waals surface area (Å²) >= 11 is 0. The Kier molecular flexibility index (Phi) is 7.84. The van der Waals surface area contributed by atoms with Gasteiger partial charge in [0.2, 0.25) is 25.1 Å². The summed E-state index contributed by atoms with van der Waals surface area (Å²) in [6, 6.07) is 0. The zero-order valence-electron chi connectivity index (χ0n) is 8.95. The Hall–Kier alpha value is -0.520. The molecule has 0 aromatic rings. The lowest BCUT2D eigenvalue weighted by molar-refractivity contribution is -0.148. The SMILES string of the molecule is O=P(OF)(OC(F)C(F)C(F)F)OC(F)C(F)C(F)F. The zero-order chi connectivity index (χ0) is 16.1. The van der Waals surface area contributed by atoms with Crippen molar-refractivity contribution in [3.63, 3.8) is 0 Å². The first-order valence-electron chi connectivity index (χ1n) is 4.44. The summed E-state index contributed by atoms with van der Waals surface area (Å²) in [7, 11) is -6.06. The maximum Gasteiger partial charge on any atom is 0.511 e. The number of halogens is 9. The molecule has 4 unspecified atom stereocenters. The summed E-state index contributed by atoms with van der Waals surface area (Å²) in [5.74, 6) is 0. The van der Waals surface area contributed by atoms with Gasteiger partial charge in [-0.25, -0.2) is 48.7 Å². The maximum absolute atomic E-state index is 12.6. The molecule has 0 saturated heterocycles. The minimum Gasteiger partial charge on any atom is -0.246 e. The first-order chi connectivity index (χ1) is 9.04. The molecule has 0 radical (unpaired) electrons. The Labute approximate surface area is 105 Å². The van der Waals surface area contributed by atoms with Crippen molar-refractivity contribution < 1.29 is 58.0 Å². The van der Waals surface area contributed by atoms with Crippen LogP contribution < -0.4 is 0 Å². The Morgan fingerprint density at radius 2 is 1.00 bits per heavy atom. The third-order valence-electron chi connectivity index (χ3n) is 1.53. The summed E-state index contributed by atoms with van der Waals surface area (Å²) in [4.78, 5) is 0. The van der Waals surface area contributed by atoms with Crippen molar-refractivity contribution in [3.8, 4) is 0 Å². The molecule has 4 nitrogen and oxygen atoms in total. The first kappa shape index (κ1) is 19.5. The molecule has 0 aromatic heterocycles. The van der Waals surface area contributed by atoms with Crippen molar-refractivity contribution in [2.24, 2.45) is 0 Å². The van der Waals surface area contributed by atoms with E-state index in [1.807, 2.05) is 0 Å². The van der Waals surface area contributed by atoms with Gasteiger partial charge in [0.05, 0.1) is 0 Å². The molecule has 0 saturated carbocycles. The predicted octanol–water partition coefficient (Wildman–Crippen LogP) is 3.83. The van der Waals surface area contributed by atoms with E-state index in [2.05, 4.69) is 13.8 Å². The van der Waals surface area contributed by atoms with Gasteiger partial charge >= 0.3 is 7.82 Å². The lowest BCUT2D eigenvalue weighted by Crippen LogP contribution is -2.30. The average Bonchev–Trinajstić information content (AvgIpc) is 2.36. The van der Waals surface area contributed by atoms with E-state index in [0.717, 1.165) is 0 Å². The fourth-order valence-electron chi connectivity index (χ4n) is 0.649. The molecule has 4 atom stereocenters. The molecule has 20 heavy (non-hydrogen) atoms. The highest BCUT2D eigenvalue weighted by molar-refractivity contribution is 7.48. The third kappa shape index (κ3) is 5.85. The molecular weight excluding hydrogens is 338 g/mol. The van der Waals surface area contributed by atoms with E-state index >= 15 is 0 Å². The molecule has 0 aliphatic heterocycles. The fourth-order valence-corrected chi connectivity index (χ4v) is 1.49. The lowest BCUT2D eigenvalue weighted by atomic mass is 10.4. The molecule has 0 fully saturated rings. The molecular formula is C6H6F9O4P. The van der Waals surface area contributed by atoms with Crippen LogP contribution in [-0.2, 0) is 18.3 Å². The van der Waals surface area contributed by atoms with E-state index in [9.17, 15) is 44.2 Å². The van der Waals surface area contributed by atoms with E-state index in [4.69, 9.17) is 0 Å². The van der Waals surface area contributed by atoms with Crippen LogP contribution in [0.3, 0.4) is 0 Å². The molecule has 14 heteroatoms. The van der Waals surface area contributed by atoms with Crippen LogP contribution in [0.2, 0.25) is 0 Å². The molecule has 122 valence electrons. The predicted molar refractivity (Wildman–Crippen MR) is 43.6 cm³/mol. The number of phosphoric ester groups is 1. The van der Waals surface area contributed by atoms with E-state index in [1.54, 1.807) is 0 Å². The Bertz CT molecular complexity index is 306. The number of alkyl halides is 8. The van der Waals surface area contributed by atoms with Gasteiger partial charge < -0.3 is 0 Å². The molecule has 0 aliphatic rings. The monoisotopic (exact) mass is 344 g/mol. The summed E-state index contributed by atoms with van der Waals surface area (Å²) in [5.41, 5.74) is 0. The van der Waals surface area contributed by atoms with E-state index in [1.165, 1.54) is 0 Å². The van der Waals surface area contributed by atoms with Crippen LogP contribution in [0.4, 0.5) is 39.6 Å². The maximum atomic E-state index is 12.6. The number of hydrogen-bond donors (Lipinski definition) is 0. The van der Waals surface area contributed by atoms with Crippen molar-refractivity contribution in [2.75, 3.05) is 0 Å². The van der Waals surface area contributed by atoms with Crippen LogP contribution in [0.1, 0.15) is 0 Å². The van der Waals surface area contributed by atoms with E-state index < -0.39 is 45.7 Å². The first-order valence-corrected chi connectivity index (χ1v) is 5.90. The topological polar surface area (TPSA) is 44.8 Å². The Morgan fingerprint density at radius 1 is 0.700 bits per heavy atom. The fraction of sp³-hybridized carbons (Fsp3) is 1.00. The molecule has 0 aromatic carbocycles. The lowest BCUT2D eigenvalue weighted by Gasteiger charge is -2.20. The van der Waals surface area contributed by atoms with Gasteiger partial charge in [-0.15, -0.1) is 0 Å². The van der Waals surface area contributed by atoms with E-state index in [0.29, 0.717) is 0 Å². The zero-order valence-corrected chi connectivity index (χ0v) is 9.84. The van der Waals surface area contributed by atoms with E-state index in [-0.39, 0.29) is 0 Å². The highest BCUT2D eigenvalue weighted by atomic mass is 31.2. The number of rotatable bonds is 9. The summed E-state index contributed by atoms with van der Waals surface area (Å²) in [6.07, 6.45) is -23.1. The minimum absolute atomic E-state index is 2.25. The van der Waals surface area contributed by atoms with Gasteiger partial charge in [0.25, 0.3) is 12.9 Å². The summed E-state index contributed by atoms with van der Waals surface area (Å²) in [6.45, 7) is 0. The highest BCUT2D eigenvalue weighted by Gasteiger charge is 2.44. The molecule has 0 N–H and O–H groups in total. The Morgan fingerprint density at radius 3 is 1.20 bits per heavy atom. The molecule has 0 aliphatic carbocycles. The van der Waals surface area contributed by atoms with Crippen molar-refractivity contribution in [2.45, 2.75) is 37.9 Å². The molecule has 0 heterocycles. The van der Waals surface area contributed by atoms with Gasteiger partial charge in [0.15, 0.2) is 0 Å². The number of phosphoric acid groups is 1. The van der Waals surface area contributed by atoms with Gasteiger partial charge in [-0.05, 0) is 4.53 Å². The van der Waals surface area contributed by atoms with Gasteiger partial charge in [0.1, 0.15) is 0 Å². The standard InChI is InChI=1S/C6H6F9O4P/c7-1(3(9)10)5(13)17-20(16,19-15)18-6(14)2(8)4(11)12/h1-6H. The second-order valence-corrected chi connectivity index (χ2v) is 4.44. The minimum atomic E-state index is -6.06. The summed E-state index contributed by atoms with van der Waals surface area (Å²) in [5, 5.41) is 0. The largest absolute Gasteiger partial charge is 0.511 e. The van der Waals surface area contributed by atoms with Gasteiger partial charge in [-0.3, -0.25) is 0 Å². The third-order valence-corrected chi connectivity index (χ3v) is 2.61. The summed E-state index contributed by atoms with van der Waals surface area (Å²) < 4.78 is 128. The van der Waals surface area contributed by atoms with Crippen LogP contribution in [0.25, 0.3) is 0 Å². The van der Waals surface area contributed by atoms with Gasteiger partial charge in [-0.2, -0.15) is 0 Å². The molecule has 0 bridgehead atoms. The second-order valence-electron chi connectivity index (χ2n) is 2.99. The second kappa shape index (κ2) is 8.05. The Balaban J connectivity index is 4.74. The van der Waals surface area contributed by atoms with Crippen molar-refractivity contribution >= 4 is 7.82 Å². The molecule has 0 amide bonds. The normalized spacial score (nSPS) is 21.6.